The molecule has 2 aromatic heterocycles. The normalized spacial score (nSPS) is 12.6. The molecular weight excluding hydrogens is 364 g/mol. The molecule has 0 aliphatic heterocycles. The Balaban J connectivity index is 1.92. The van der Waals surface area contributed by atoms with Crippen molar-refractivity contribution in [3.8, 4) is 0 Å². The first kappa shape index (κ1) is 18.6. The molecule has 29 heavy (non-hydrogen) atoms. The molecule has 0 bridgehead atoms. The van der Waals surface area contributed by atoms with Crippen molar-refractivity contribution in [1.82, 2.24) is 20.0 Å². The second-order valence-corrected chi connectivity index (χ2v) is 6.89. The highest BCUT2D eigenvalue weighted by atomic mass is 16.1. The van der Waals surface area contributed by atoms with Gasteiger partial charge in [0.15, 0.2) is 5.65 Å². The number of para-hydroxylation sites is 2. The predicted octanol–water partition coefficient (Wildman–Crippen LogP) is 3.58. The molecule has 146 valence electrons. The maximum absolute atomic E-state index is 12.9. The Morgan fingerprint density at radius 2 is 1.79 bits per heavy atom. The largest absolute Gasteiger partial charge is 0.383 e. The van der Waals surface area contributed by atoms with E-state index in [1.165, 1.54) is 4.68 Å². The lowest BCUT2D eigenvalue weighted by Gasteiger charge is -2.11. The van der Waals surface area contributed by atoms with Gasteiger partial charge in [-0.05, 0) is 31.0 Å². The van der Waals surface area contributed by atoms with Gasteiger partial charge in [0.2, 0.25) is 0 Å². The van der Waals surface area contributed by atoms with Crippen LogP contribution in [0.1, 0.15) is 36.2 Å². The van der Waals surface area contributed by atoms with Crippen LogP contribution in [0, 0.1) is 0 Å². The molecule has 0 aliphatic carbocycles. The van der Waals surface area contributed by atoms with Crippen molar-refractivity contribution < 1.29 is 4.79 Å². The van der Waals surface area contributed by atoms with Crippen LogP contribution >= 0.6 is 0 Å². The van der Waals surface area contributed by atoms with Gasteiger partial charge in [-0.2, -0.15) is 9.78 Å². The lowest BCUT2D eigenvalue weighted by Crippen LogP contribution is -2.32. The van der Waals surface area contributed by atoms with Gasteiger partial charge in [0.1, 0.15) is 16.9 Å². The highest BCUT2D eigenvalue weighted by Gasteiger charge is 2.24. The number of nitrogens with one attached hydrogen (secondary N) is 1. The van der Waals surface area contributed by atoms with E-state index in [1.807, 2.05) is 68.4 Å². The summed E-state index contributed by atoms with van der Waals surface area (Å²) in [6.45, 7) is 3.96. The van der Waals surface area contributed by atoms with Crippen LogP contribution in [-0.2, 0) is 0 Å². The van der Waals surface area contributed by atoms with Crippen LogP contribution < -0.4 is 11.1 Å². The van der Waals surface area contributed by atoms with Gasteiger partial charge in [0, 0.05) is 6.04 Å². The molecule has 1 amide bonds. The molecule has 3 N–H and O–H groups in total. The summed E-state index contributed by atoms with van der Waals surface area (Å²) >= 11 is 0. The molecule has 0 unspecified atom stereocenters. The highest BCUT2D eigenvalue weighted by molar-refractivity contribution is 6.10. The summed E-state index contributed by atoms with van der Waals surface area (Å²) in [7, 11) is 0. The van der Waals surface area contributed by atoms with Crippen LogP contribution in [0.5, 0.6) is 0 Å². The van der Waals surface area contributed by atoms with Crippen LogP contribution in [0.25, 0.3) is 22.2 Å². The fourth-order valence-corrected chi connectivity index (χ4v) is 3.05. The number of aromatic nitrogens is 3. The van der Waals surface area contributed by atoms with Crippen LogP contribution in [0.3, 0.4) is 0 Å². The fraction of sp³-hybridized carbons (Fsp3) is 0.182. The molecule has 0 aliphatic rings. The minimum atomic E-state index is -0.278. The number of hydrogen-bond donors (Lipinski definition) is 2. The van der Waals surface area contributed by atoms with Gasteiger partial charge in [-0.15, -0.1) is 0 Å². The van der Waals surface area contributed by atoms with E-state index in [2.05, 4.69) is 20.4 Å². The average molecular weight is 386 g/mol. The van der Waals surface area contributed by atoms with Crippen LogP contribution in [0.15, 0.2) is 59.7 Å². The lowest BCUT2D eigenvalue weighted by molar-refractivity contribution is 0.0941. The molecule has 0 fully saturated rings. The molecule has 7 heteroatoms. The monoisotopic (exact) mass is 386 g/mol. The summed E-state index contributed by atoms with van der Waals surface area (Å²) in [5.74, 6) is -0.0663. The smallest absolute Gasteiger partial charge is 0.257 e. The maximum atomic E-state index is 12.9. The van der Waals surface area contributed by atoms with Crippen LogP contribution in [0.2, 0.25) is 0 Å². The summed E-state index contributed by atoms with van der Waals surface area (Å²) in [6, 6.07) is 17.2. The van der Waals surface area contributed by atoms with Crippen LogP contribution in [-0.4, -0.2) is 32.8 Å². The number of carbonyl (C=O) groups is 1. The van der Waals surface area contributed by atoms with Gasteiger partial charge in [0.05, 0.1) is 17.2 Å². The zero-order valence-corrected chi connectivity index (χ0v) is 16.3. The molecule has 7 nitrogen and oxygen atoms in total. The first-order chi connectivity index (χ1) is 14.1. The zero-order chi connectivity index (χ0) is 20.4. The first-order valence-corrected chi connectivity index (χ1v) is 9.55. The number of amides is 1. The van der Waals surface area contributed by atoms with Crippen molar-refractivity contribution >= 4 is 40.1 Å². The molecule has 4 rings (SSSR count). The number of nitrogens with two attached hydrogens (primary N) is 1. The number of rotatable bonds is 5. The summed E-state index contributed by atoms with van der Waals surface area (Å²) in [5.41, 5.74) is 9.87. The van der Waals surface area contributed by atoms with Crippen LogP contribution in [0.4, 0.5) is 5.82 Å². The van der Waals surface area contributed by atoms with Gasteiger partial charge < -0.3 is 11.1 Å². The number of anilines is 1. The second kappa shape index (κ2) is 7.71. The Bertz CT molecular complexity index is 1210. The number of nitrogens with zero attached hydrogens (tertiary/aromatic N) is 4. The van der Waals surface area contributed by atoms with E-state index >= 15 is 0 Å². The van der Waals surface area contributed by atoms with E-state index in [1.54, 1.807) is 6.21 Å². The fourth-order valence-electron chi connectivity index (χ4n) is 3.05. The molecule has 0 radical (unpaired) electrons. The van der Waals surface area contributed by atoms with E-state index in [0.717, 1.165) is 12.0 Å². The summed E-state index contributed by atoms with van der Waals surface area (Å²) < 4.78 is 1.48. The minimum Gasteiger partial charge on any atom is -0.383 e. The van der Waals surface area contributed by atoms with Crippen molar-refractivity contribution in [2.45, 2.75) is 26.3 Å². The second-order valence-electron chi connectivity index (χ2n) is 6.89. The molecule has 0 saturated heterocycles. The zero-order valence-electron chi connectivity index (χ0n) is 16.3. The Morgan fingerprint density at radius 1 is 1.14 bits per heavy atom. The van der Waals surface area contributed by atoms with E-state index in [0.29, 0.717) is 27.8 Å². The molecule has 2 aromatic carbocycles. The van der Waals surface area contributed by atoms with Gasteiger partial charge in [0.25, 0.3) is 5.91 Å². The molecular formula is C22H22N6O. The molecule has 4 aromatic rings. The third kappa shape index (κ3) is 3.54. The van der Waals surface area contributed by atoms with E-state index in [-0.39, 0.29) is 17.8 Å². The third-order valence-corrected chi connectivity index (χ3v) is 4.81. The van der Waals surface area contributed by atoms with E-state index < -0.39 is 0 Å². The number of carbonyl (C=O) groups excluding carboxylic acids is 1. The number of fused-ring (bicyclic) bond motifs is 2. The van der Waals surface area contributed by atoms with Crippen molar-refractivity contribution in [3.05, 3.63) is 65.7 Å². The SMILES string of the molecule is CC[C@H](C)NC(=O)c1c(N)n(/N=C\c2ccccc2)c2nc3ccccc3nc12. The Labute approximate surface area is 168 Å². The molecule has 0 spiro atoms. The highest BCUT2D eigenvalue weighted by Crippen LogP contribution is 2.28. The Hall–Kier alpha value is -3.74. The van der Waals surface area contributed by atoms with Gasteiger partial charge in [-0.25, -0.2) is 9.97 Å². The van der Waals surface area contributed by atoms with Crippen molar-refractivity contribution in [3.63, 3.8) is 0 Å². The minimum absolute atomic E-state index is 0.0153. The summed E-state index contributed by atoms with van der Waals surface area (Å²) in [6.07, 6.45) is 2.49. The topological polar surface area (TPSA) is 98.2 Å². The average Bonchev–Trinajstić information content (AvgIpc) is 3.01. The van der Waals surface area contributed by atoms with E-state index in [4.69, 9.17) is 5.73 Å². The van der Waals surface area contributed by atoms with Gasteiger partial charge >= 0.3 is 0 Å². The summed E-state index contributed by atoms with van der Waals surface area (Å²) in [4.78, 5) is 22.3. The van der Waals surface area contributed by atoms with Gasteiger partial charge in [-0.1, -0.05) is 49.4 Å². The van der Waals surface area contributed by atoms with Gasteiger partial charge in [-0.3, -0.25) is 4.79 Å². The number of nitrogen functional groups attached to an aromatic ring is 1. The van der Waals surface area contributed by atoms with Crippen molar-refractivity contribution in [2.24, 2.45) is 5.10 Å². The maximum Gasteiger partial charge on any atom is 0.257 e. The van der Waals surface area contributed by atoms with E-state index in [9.17, 15) is 4.79 Å². The number of hydrogen-bond acceptors (Lipinski definition) is 5. The third-order valence-electron chi connectivity index (χ3n) is 4.81. The standard InChI is InChI=1S/C22H22N6O/c1-3-14(2)25-22(29)18-19-21(27-17-12-8-7-11-16(17)26-19)28(20(18)23)24-13-15-9-5-4-6-10-15/h4-14H,3,23H2,1-2H3,(H,25,29)/b24-13-/t14-/m0/s1. The molecule has 2 heterocycles. The first-order valence-electron chi connectivity index (χ1n) is 9.55. The Kier molecular flexibility index (Phi) is 4.95. The van der Waals surface area contributed by atoms with Crippen molar-refractivity contribution in [1.29, 1.82) is 0 Å². The Morgan fingerprint density at radius 3 is 2.48 bits per heavy atom. The quantitative estimate of drug-likeness (QED) is 0.512. The lowest BCUT2D eigenvalue weighted by atomic mass is 10.2. The molecule has 0 saturated carbocycles. The van der Waals surface area contributed by atoms with Crippen molar-refractivity contribution in [2.75, 3.05) is 5.73 Å². The number of benzene rings is 2. The summed E-state index contributed by atoms with van der Waals surface area (Å²) in [5, 5.41) is 7.46. The predicted molar refractivity (Wildman–Crippen MR) is 116 cm³/mol. The molecule has 1 atom stereocenters.